The molecule has 6 heteroatoms. The van der Waals surface area contributed by atoms with E-state index in [-0.39, 0.29) is 13.2 Å². The zero-order valence-corrected chi connectivity index (χ0v) is 12.1. The van der Waals surface area contributed by atoms with Crippen LogP contribution in [0.5, 0.6) is 0 Å². The van der Waals surface area contributed by atoms with Crippen molar-refractivity contribution in [3.05, 3.63) is 35.9 Å². The van der Waals surface area contributed by atoms with E-state index in [0.29, 0.717) is 35.4 Å². The summed E-state index contributed by atoms with van der Waals surface area (Å²) in [7, 11) is 0. The van der Waals surface area contributed by atoms with Crippen molar-refractivity contribution >= 4 is 23.3 Å². The molecule has 1 aromatic rings. The molecule has 0 radical (unpaired) electrons. The van der Waals surface area contributed by atoms with Gasteiger partial charge >= 0.3 is 11.9 Å². The second-order valence-electron chi connectivity index (χ2n) is 4.65. The van der Waals surface area contributed by atoms with Crippen LogP contribution in [0.2, 0.25) is 0 Å². The van der Waals surface area contributed by atoms with Gasteiger partial charge < -0.3 is 20.9 Å². The molecule has 0 bridgehead atoms. The fourth-order valence-electron chi connectivity index (χ4n) is 1.53. The van der Waals surface area contributed by atoms with Crippen molar-refractivity contribution in [1.82, 2.24) is 0 Å². The Morgan fingerprint density at radius 3 is 2.10 bits per heavy atom. The van der Waals surface area contributed by atoms with E-state index < -0.39 is 11.9 Å². The van der Waals surface area contributed by atoms with Gasteiger partial charge in [0.15, 0.2) is 0 Å². The molecule has 0 unspecified atom stereocenters. The summed E-state index contributed by atoms with van der Waals surface area (Å²) in [5, 5.41) is 0. The van der Waals surface area contributed by atoms with E-state index in [2.05, 4.69) is 6.58 Å². The second-order valence-corrected chi connectivity index (χ2v) is 4.65. The molecule has 0 fully saturated rings. The maximum atomic E-state index is 11.7. The zero-order chi connectivity index (χ0) is 15.8. The highest BCUT2D eigenvalue weighted by Crippen LogP contribution is 2.14. The Morgan fingerprint density at radius 1 is 1.05 bits per heavy atom. The Kier molecular flexibility index (Phi) is 6.26. The first-order valence-corrected chi connectivity index (χ1v) is 6.56. The van der Waals surface area contributed by atoms with Crippen LogP contribution in [0.4, 0.5) is 11.4 Å². The number of ether oxygens (including phenoxy) is 2. The number of unbranched alkanes of at least 4 members (excludes halogenated alkanes) is 1. The normalized spacial score (nSPS) is 9.95. The average Bonchev–Trinajstić information content (AvgIpc) is 2.40. The summed E-state index contributed by atoms with van der Waals surface area (Å²) in [5.74, 6) is -0.893. The SMILES string of the molecule is C=C(C)C(=O)OCCCCOC(=O)c1cc(N)cc(N)c1. The van der Waals surface area contributed by atoms with Gasteiger partial charge in [0.25, 0.3) is 0 Å². The van der Waals surface area contributed by atoms with Gasteiger partial charge in [0, 0.05) is 16.9 Å². The van der Waals surface area contributed by atoms with Crippen molar-refractivity contribution in [3.63, 3.8) is 0 Å². The summed E-state index contributed by atoms with van der Waals surface area (Å²) in [6, 6.07) is 4.58. The van der Waals surface area contributed by atoms with E-state index in [1.54, 1.807) is 13.0 Å². The zero-order valence-electron chi connectivity index (χ0n) is 12.1. The van der Waals surface area contributed by atoms with Crippen LogP contribution in [0.1, 0.15) is 30.1 Å². The lowest BCUT2D eigenvalue weighted by Gasteiger charge is -2.07. The first kappa shape index (κ1) is 16.6. The van der Waals surface area contributed by atoms with Gasteiger partial charge in [-0.15, -0.1) is 0 Å². The summed E-state index contributed by atoms with van der Waals surface area (Å²) in [6.07, 6.45) is 1.19. The Bertz CT molecular complexity index is 520. The third-order valence-electron chi connectivity index (χ3n) is 2.57. The Balaban J connectivity index is 2.25. The van der Waals surface area contributed by atoms with Crippen LogP contribution in [0.15, 0.2) is 30.4 Å². The minimum Gasteiger partial charge on any atom is -0.462 e. The van der Waals surface area contributed by atoms with Crippen LogP contribution in [0, 0.1) is 0 Å². The molecule has 0 aliphatic rings. The van der Waals surface area contributed by atoms with E-state index in [1.807, 2.05) is 0 Å². The lowest BCUT2D eigenvalue weighted by molar-refractivity contribution is -0.139. The molecule has 0 amide bonds. The lowest BCUT2D eigenvalue weighted by Crippen LogP contribution is -2.10. The maximum absolute atomic E-state index is 11.7. The van der Waals surface area contributed by atoms with Crippen LogP contribution in [-0.4, -0.2) is 25.2 Å². The summed E-state index contributed by atoms with van der Waals surface area (Å²) in [6.45, 7) is 5.57. The lowest BCUT2D eigenvalue weighted by atomic mass is 10.2. The quantitative estimate of drug-likeness (QED) is 0.344. The van der Waals surface area contributed by atoms with Crippen LogP contribution in [0.3, 0.4) is 0 Å². The number of nitrogen functional groups attached to an aromatic ring is 2. The van der Waals surface area contributed by atoms with Gasteiger partial charge in [0.05, 0.1) is 18.8 Å². The highest BCUT2D eigenvalue weighted by molar-refractivity contribution is 5.91. The summed E-state index contributed by atoms with van der Waals surface area (Å²) >= 11 is 0. The van der Waals surface area contributed by atoms with E-state index in [4.69, 9.17) is 20.9 Å². The topological polar surface area (TPSA) is 105 Å². The van der Waals surface area contributed by atoms with Crippen molar-refractivity contribution in [2.75, 3.05) is 24.7 Å². The molecule has 21 heavy (non-hydrogen) atoms. The standard InChI is InChI=1S/C15H20N2O4/c1-10(2)14(18)20-5-3-4-6-21-15(19)11-7-12(16)9-13(17)8-11/h7-9H,1,3-6,16-17H2,2H3. The van der Waals surface area contributed by atoms with Gasteiger partial charge in [0.2, 0.25) is 0 Å². The van der Waals surface area contributed by atoms with Gasteiger partial charge in [0.1, 0.15) is 0 Å². The Morgan fingerprint density at radius 2 is 1.57 bits per heavy atom. The van der Waals surface area contributed by atoms with E-state index >= 15 is 0 Å². The predicted molar refractivity (Wildman–Crippen MR) is 80.6 cm³/mol. The van der Waals surface area contributed by atoms with Gasteiger partial charge in [-0.1, -0.05) is 6.58 Å². The number of hydrogen-bond donors (Lipinski definition) is 2. The number of anilines is 2. The number of esters is 2. The van der Waals surface area contributed by atoms with Crippen LogP contribution in [-0.2, 0) is 14.3 Å². The summed E-state index contributed by atoms with van der Waals surface area (Å²) < 4.78 is 10.00. The number of benzene rings is 1. The molecule has 0 atom stereocenters. The van der Waals surface area contributed by atoms with E-state index in [1.165, 1.54) is 12.1 Å². The molecular formula is C15H20N2O4. The van der Waals surface area contributed by atoms with Crippen LogP contribution in [0.25, 0.3) is 0 Å². The fraction of sp³-hybridized carbons (Fsp3) is 0.333. The van der Waals surface area contributed by atoms with Crippen LogP contribution >= 0.6 is 0 Å². The number of nitrogens with two attached hydrogens (primary N) is 2. The summed E-state index contributed by atoms with van der Waals surface area (Å²) in [5.41, 5.74) is 12.7. The minimum absolute atomic E-state index is 0.234. The van der Waals surface area contributed by atoms with Gasteiger partial charge in [-0.05, 0) is 38.0 Å². The average molecular weight is 292 g/mol. The van der Waals surface area contributed by atoms with Crippen LogP contribution < -0.4 is 11.5 Å². The third-order valence-corrected chi connectivity index (χ3v) is 2.57. The summed E-state index contributed by atoms with van der Waals surface area (Å²) in [4.78, 5) is 22.9. The number of rotatable bonds is 7. The molecule has 0 saturated carbocycles. The molecule has 6 nitrogen and oxygen atoms in total. The predicted octanol–water partition coefficient (Wildman–Crippen LogP) is 1.91. The molecule has 0 spiro atoms. The Hall–Kier alpha value is -2.50. The molecule has 114 valence electrons. The van der Waals surface area contributed by atoms with E-state index in [0.717, 1.165) is 0 Å². The number of hydrogen-bond acceptors (Lipinski definition) is 6. The monoisotopic (exact) mass is 292 g/mol. The van der Waals surface area contributed by atoms with E-state index in [9.17, 15) is 9.59 Å². The molecule has 0 heterocycles. The van der Waals surface area contributed by atoms with Gasteiger partial charge in [-0.3, -0.25) is 0 Å². The van der Waals surface area contributed by atoms with Crippen molar-refractivity contribution in [2.24, 2.45) is 0 Å². The van der Waals surface area contributed by atoms with Crippen molar-refractivity contribution < 1.29 is 19.1 Å². The van der Waals surface area contributed by atoms with Crippen molar-refractivity contribution in [1.29, 1.82) is 0 Å². The second kappa shape index (κ2) is 7.94. The number of carbonyl (C=O) groups excluding carboxylic acids is 2. The highest BCUT2D eigenvalue weighted by Gasteiger charge is 2.08. The molecule has 1 rings (SSSR count). The maximum Gasteiger partial charge on any atom is 0.338 e. The molecule has 0 aliphatic heterocycles. The smallest absolute Gasteiger partial charge is 0.338 e. The highest BCUT2D eigenvalue weighted by atomic mass is 16.5. The molecule has 1 aromatic carbocycles. The van der Waals surface area contributed by atoms with Gasteiger partial charge in [-0.2, -0.15) is 0 Å². The Labute approximate surface area is 123 Å². The van der Waals surface area contributed by atoms with Crippen molar-refractivity contribution in [3.8, 4) is 0 Å². The van der Waals surface area contributed by atoms with Gasteiger partial charge in [-0.25, -0.2) is 9.59 Å². The molecule has 0 saturated heterocycles. The minimum atomic E-state index is -0.479. The molecule has 0 aliphatic carbocycles. The van der Waals surface area contributed by atoms with Crippen molar-refractivity contribution in [2.45, 2.75) is 19.8 Å². The molecular weight excluding hydrogens is 272 g/mol. The largest absolute Gasteiger partial charge is 0.462 e. The number of carbonyl (C=O) groups is 2. The molecule has 0 aromatic heterocycles. The fourth-order valence-corrected chi connectivity index (χ4v) is 1.53. The molecule has 4 N–H and O–H groups in total. The first-order chi connectivity index (χ1) is 9.90. The third kappa shape index (κ3) is 5.99. The first-order valence-electron chi connectivity index (χ1n) is 6.56.